The van der Waals surface area contributed by atoms with E-state index < -0.39 is 24.4 Å². The highest BCUT2D eigenvalue weighted by Gasteiger charge is 2.37. The maximum Gasteiger partial charge on any atom is 0.338 e. The molecule has 2 aliphatic heterocycles. The summed E-state index contributed by atoms with van der Waals surface area (Å²) >= 11 is 5.90. The molecule has 0 N–H and O–H groups in total. The third-order valence-electron chi connectivity index (χ3n) is 6.01. The number of hydrogen-bond donors (Lipinski definition) is 0. The molecule has 0 spiro atoms. The molecule has 2 heterocycles. The van der Waals surface area contributed by atoms with Crippen LogP contribution in [0.4, 0.5) is 11.4 Å². The lowest BCUT2D eigenvalue weighted by atomic mass is 10.1. The molecule has 0 saturated carbocycles. The maximum atomic E-state index is 12.9. The van der Waals surface area contributed by atoms with Gasteiger partial charge in [-0.05, 0) is 67.4 Å². The number of hydrogen-bond acceptors (Lipinski definition) is 5. The molecule has 2 aliphatic rings. The van der Waals surface area contributed by atoms with Crippen molar-refractivity contribution in [2.75, 3.05) is 16.4 Å². The second-order valence-corrected chi connectivity index (χ2v) is 8.64. The molecule has 8 heteroatoms. The minimum absolute atomic E-state index is 0.0360. The number of esters is 1. The van der Waals surface area contributed by atoms with Gasteiger partial charge in [0, 0.05) is 16.8 Å². The maximum absolute atomic E-state index is 12.9. The Morgan fingerprint density at radius 3 is 2.44 bits per heavy atom. The first kappa shape index (κ1) is 21.9. The summed E-state index contributed by atoms with van der Waals surface area (Å²) < 4.78 is 5.26. The Labute approximate surface area is 200 Å². The normalized spacial score (nSPS) is 16.5. The predicted molar refractivity (Wildman–Crippen MR) is 126 cm³/mol. The molecule has 0 fully saturated rings. The zero-order chi connectivity index (χ0) is 24.0. The lowest BCUT2D eigenvalue weighted by Crippen LogP contribution is -2.38. The molecule has 3 aromatic carbocycles. The lowest BCUT2D eigenvalue weighted by Gasteiger charge is -2.22. The SMILES string of the molecule is C[C@H]1Cc2ccccc2N1C(=O)COC(=O)c1ccc2c(c1)C(=O)N(c1ccc(Cl)cc1)C2=O. The van der Waals surface area contributed by atoms with Crippen LogP contribution in [0.1, 0.15) is 43.6 Å². The van der Waals surface area contributed by atoms with E-state index in [9.17, 15) is 19.2 Å². The van der Waals surface area contributed by atoms with Crippen molar-refractivity contribution in [3.05, 3.63) is 94.0 Å². The highest BCUT2D eigenvalue weighted by Crippen LogP contribution is 2.32. The summed E-state index contributed by atoms with van der Waals surface area (Å²) in [7, 11) is 0. The van der Waals surface area contributed by atoms with E-state index in [-0.39, 0.29) is 28.6 Å². The second-order valence-electron chi connectivity index (χ2n) is 8.20. The highest BCUT2D eigenvalue weighted by molar-refractivity contribution is 6.35. The predicted octanol–water partition coefficient (Wildman–Crippen LogP) is 4.28. The van der Waals surface area contributed by atoms with Gasteiger partial charge in [-0.3, -0.25) is 14.4 Å². The number of anilines is 2. The molecule has 5 rings (SSSR count). The van der Waals surface area contributed by atoms with E-state index in [1.54, 1.807) is 29.2 Å². The molecule has 3 amide bonds. The Morgan fingerprint density at radius 2 is 1.68 bits per heavy atom. The van der Waals surface area contributed by atoms with E-state index in [4.69, 9.17) is 16.3 Å². The van der Waals surface area contributed by atoms with Crippen LogP contribution >= 0.6 is 11.6 Å². The van der Waals surface area contributed by atoms with E-state index in [0.29, 0.717) is 10.7 Å². The van der Waals surface area contributed by atoms with Gasteiger partial charge in [0.1, 0.15) is 0 Å². The molecule has 0 aromatic heterocycles. The van der Waals surface area contributed by atoms with Gasteiger partial charge in [0.2, 0.25) is 0 Å². The van der Waals surface area contributed by atoms with Crippen LogP contribution in [0.25, 0.3) is 0 Å². The van der Waals surface area contributed by atoms with Crippen molar-refractivity contribution >= 4 is 46.7 Å². The van der Waals surface area contributed by atoms with Crippen LogP contribution in [-0.2, 0) is 16.0 Å². The van der Waals surface area contributed by atoms with Crippen molar-refractivity contribution in [2.45, 2.75) is 19.4 Å². The zero-order valence-corrected chi connectivity index (χ0v) is 18.9. The van der Waals surface area contributed by atoms with Gasteiger partial charge in [-0.15, -0.1) is 0 Å². The van der Waals surface area contributed by atoms with Crippen LogP contribution in [0.15, 0.2) is 66.7 Å². The van der Waals surface area contributed by atoms with Gasteiger partial charge in [0.15, 0.2) is 6.61 Å². The van der Waals surface area contributed by atoms with Crippen molar-refractivity contribution in [3.63, 3.8) is 0 Å². The van der Waals surface area contributed by atoms with Crippen molar-refractivity contribution in [1.82, 2.24) is 0 Å². The van der Waals surface area contributed by atoms with E-state index in [2.05, 4.69) is 0 Å². The van der Waals surface area contributed by atoms with Gasteiger partial charge >= 0.3 is 5.97 Å². The number of imide groups is 1. The monoisotopic (exact) mass is 474 g/mol. The lowest BCUT2D eigenvalue weighted by molar-refractivity contribution is -0.122. The summed E-state index contributed by atoms with van der Waals surface area (Å²) in [6, 6.07) is 18.1. The minimum Gasteiger partial charge on any atom is -0.452 e. The zero-order valence-electron chi connectivity index (χ0n) is 18.2. The number of para-hydroxylation sites is 1. The summed E-state index contributed by atoms with van der Waals surface area (Å²) in [5.74, 6) is -2.11. The average Bonchev–Trinajstić information content (AvgIpc) is 3.30. The molecular weight excluding hydrogens is 456 g/mol. The number of ether oxygens (including phenoxy) is 1. The molecule has 0 saturated heterocycles. The number of halogens is 1. The number of rotatable bonds is 4. The van der Waals surface area contributed by atoms with Crippen molar-refractivity contribution in [3.8, 4) is 0 Å². The van der Waals surface area contributed by atoms with Crippen LogP contribution in [-0.4, -0.2) is 36.3 Å². The molecule has 34 heavy (non-hydrogen) atoms. The fraction of sp³-hybridized carbons (Fsp3) is 0.154. The first-order valence-corrected chi connectivity index (χ1v) is 11.1. The van der Waals surface area contributed by atoms with Crippen molar-refractivity contribution < 1.29 is 23.9 Å². The number of benzene rings is 3. The third kappa shape index (κ3) is 3.64. The first-order chi connectivity index (χ1) is 16.3. The second kappa shape index (κ2) is 8.43. The Kier molecular flexibility index (Phi) is 5.42. The number of amides is 3. The smallest absolute Gasteiger partial charge is 0.338 e. The van der Waals surface area contributed by atoms with Crippen LogP contribution < -0.4 is 9.80 Å². The average molecular weight is 475 g/mol. The van der Waals surface area contributed by atoms with Gasteiger partial charge in [-0.2, -0.15) is 0 Å². The largest absolute Gasteiger partial charge is 0.452 e. The summed E-state index contributed by atoms with van der Waals surface area (Å²) in [5.41, 5.74) is 2.64. The van der Waals surface area contributed by atoms with Crippen LogP contribution in [0.5, 0.6) is 0 Å². The Hall–Kier alpha value is -3.97. The Morgan fingerprint density at radius 1 is 0.971 bits per heavy atom. The first-order valence-electron chi connectivity index (χ1n) is 10.7. The molecule has 1 atom stereocenters. The summed E-state index contributed by atoms with van der Waals surface area (Å²) in [4.78, 5) is 53.8. The molecule has 3 aromatic rings. The number of fused-ring (bicyclic) bond motifs is 2. The van der Waals surface area contributed by atoms with Gasteiger partial charge in [-0.1, -0.05) is 29.8 Å². The number of nitrogens with zero attached hydrogens (tertiary/aromatic N) is 2. The van der Waals surface area contributed by atoms with Crippen molar-refractivity contribution in [1.29, 1.82) is 0 Å². The quantitative estimate of drug-likeness (QED) is 0.416. The summed E-state index contributed by atoms with van der Waals surface area (Å²) in [5, 5.41) is 0.478. The standard InChI is InChI=1S/C26H19ClN2O5/c1-15-12-16-4-2-3-5-22(16)28(15)23(30)14-34-26(33)17-6-11-20-21(13-17)25(32)29(24(20)31)19-9-7-18(27)8-10-19/h2-11,13,15H,12,14H2,1H3/t15-/m0/s1. The fourth-order valence-electron chi connectivity index (χ4n) is 4.42. The molecule has 0 radical (unpaired) electrons. The topological polar surface area (TPSA) is 84.0 Å². The summed E-state index contributed by atoms with van der Waals surface area (Å²) in [6.45, 7) is 1.51. The van der Waals surface area contributed by atoms with E-state index in [0.717, 1.165) is 22.6 Å². The number of carbonyl (C=O) groups excluding carboxylic acids is 4. The minimum atomic E-state index is -0.749. The van der Waals surface area contributed by atoms with Crippen molar-refractivity contribution in [2.24, 2.45) is 0 Å². The molecular formula is C26H19ClN2O5. The van der Waals surface area contributed by atoms with Gasteiger partial charge < -0.3 is 9.64 Å². The van der Waals surface area contributed by atoms with Gasteiger partial charge in [0.25, 0.3) is 17.7 Å². The Bertz CT molecular complexity index is 1350. The van der Waals surface area contributed by atoms with E-state index >= 15 is 0 Å². The van der Waals surface area contributed by atoms with Crippen LogP contribution in [0.2, 0.25) is 5.02 Å². The number of carbonyl (C=O) groups is 4. The van der Waals surface area contributed by atoms with Crippen LogP contribution in [0, 0.1) is 0 Å². The Balaban J connectivity index is 1.31. The highest BCUT2D eigenvalue weighted by atomic mass is 35.5. The van der Waals surface area contributed by atoms with E-state index in [1.807, 2.05) is 31.2 Å². The molecule has 0 bridgehead atoms. The molecule has 0 unspecified atom stereocenters. The van der Waals surface area contributed by atoms with Gasteiger partial charge in [-0.25, -0.2) is 9.69 Å². The fourth-order valence-corrected chi connectivity index (χ4v) is 4.54. The van der Waals surface area contributed by atoms with Crippen LogP contribution in [0.3, 0.4) is 0 Å². The molecule has 170 valence electrons. The third-order valence-corrected chi connectivity index (χ3v) is 6.26. The van der Waals surface area contributed by atoms with E-state index in [1.165, 1.54) is 18.2 Å². The molecule has 7 nitrogen and oxygen atoms in total. The summed E-state index contributed by atoms with van der Waals surface area (Å²) in [6.07, 6.45) is 0.737. The molecule has 0 aliphatic carbocycles. The van der Waals surface area contributed by atoms with Gasteiger partial charge in [0.05, 0.1) is 22.4 Å².